The van der Waals surface area contributed by atoms with E-state index in [2.05, 4.69) is 39.0 Å². The van der Waals surface area contributed by atoms with Crippen molar-refractivity contribution in [2.24, 2.45) is 7.05 Å². The summed E-state index contributed by atoms with van der Waals surface area (Å²) in [6, 6.07) is 1.95. The Labute approximate surface area is 149 Å². The van der Waals surface area contributed by atoms with Gasteiger partial charge in [0.25, 0.3) is 0 Å². The highest BCUT2D eigenvalue weighted by atomic mass is 32.1. The molecule has 0 aliphatic carbocycles. The zero-order valence-electron chi connectivity index (χ0n) is 14.5. The molecule has 3 aromatic rings. The number of aliphatic hydroxyl groups excluding tert-OH is 1. The van der Waals surface area contributed by atoms with E-state index in [0.29, 0.717) is 24.0 Å². The zero-order valence-corrected chi connectivity index (χ0v) is 15.3. The fourth-order valence-corrected chi connectivity index (χ4v) is 3.82. The topological polar surface area (TPSA) is 84.9 Å². The fraction of sp³-hybridized carbons (Fsp3) is 0.500. The molecule has 0 radical (unpaired) electrons. The van der Waals surface area contributed by atoms with Crippen LogP contribution in [-0.2, 0) is 20.1 Å². The SMILES string of the molecule is CC(C)c1nnc(N2CCn3nc([C@@H](O)c4nccn4C)cc3C2)s1. The number of aromatic nitrogens is 6. The molecule has 0 unspecified atom stereocenters. The molecule has 0 saturated carbocycles. The van der Waals surface area contributed by atoms with E-state index >= 15 is 0 Å². The quantitative estimate of drug-likeness (QED) is 0.763. The molecular weight excluding hydrogens is 338 g/mol. The van der Waals surface area contributed by atoms with Crippen LogP contribution in [0.3, 0.4) is 0 Å². The highest BCUT2D eigenvalue weighted by Crippen LogP contribution is 2.29. The van der Waals surface area contributed by atoms with Crippen LogP contribution in [0.25, 0.3) is 0 Å². The predicted octanol–water partition coefficient (Wildman–Crippen LogP) is 1.69. The Morgan fingerprint density at radius 1 is 1.24 bits per heavy atom. The van der Waals surface area contributed by atoms with Gasteiger partial charge in [-0.3, -0.25) is 4.68 Å². The van der Waals surface area contributed by atoms with Gasteiger partial charge < -0.3 is 14.6 Å². The number of hydrogen-bond donors (Lipinski definition) is 1. The molecule has 1 aliphatic rings. The van der Waals surface area contributed by atoms with E-state index in [0.717, 1.165) is 28.9 Å². The molecule has 0 aromatic carbocycles. The average molecular weight is 359 g/mol. The smallest absolute Gasteiger partial charge is 0.208 e. The van der Waals surface area contributed by atoms with E-state index < -0.39 is 6.10 Å². The minimum atomic E-state index is -0.819. The Hall–Kier alpha value is -2.26. The van der Waals surface area contributed by atoms with Gasteiger partial charge >= 0.3 is 0 Å². The lowest BCUT2D eigenvalue weighted by Crippen LogP contribution is -2.33. The van der Waals surface area contributed by atoms with Gasteiger partial charge in [0.15, 0.2) is 6.10 Å². The molecule has 3 aromatic heterocycles. The van der Waals surface area contributed by atoms with Crippen molar-refractivity contribution >= 4 is 16.5 Å². The van der Waals surface area contributed by atoms with Crippen molar-refractivity contribution in [1.82, 2.24) is 29.5 Å². The van der Waals surface area contributed by atoms with E-state index in [1.807, 2.05) is 28.6 Å². The van der Waals surface area contributed by atoms with Gasteiger partial charge in [-0.25, -0.2) is 4.98 Å². The highest BCUT2D eigenvalue weighted by molar-refractivity contribution is 7.15. The van der Waals surface area contributed by atoms with Crippen molar-refractivity contribution in [2.75, 3.05) is 11.4 Å². The lowest BCUT2D eigenvalue weighted by atomic mass is 10.2. The molecular formula is C16H21N7OS. The molecule has 0 fully saturated rings. The molecule has 1 aliphatic heterocycles. The summed E-state index contributed by atoms with van der Waals surface area (Å²) in [5, 5.41) is 25.7. The molecule has 1 N–H and O–H groups in total. The summed E-state index contributed by atoms with van der Waals surface area (Å²) in [5.74, 6) is 0.985. The third kappa shape index (κ3) is 2.93. The van der Waals surface area contributed by atoms with Gasteiger partial charge in [-0.05, 0) is 6.07 Å². The number of hydrogen-bond acceptors (Lipinski definition) is 7. The molecule has 9 heteroatoms. The molecule has 132 valence electrons. The highest BCUT2D eigenvalue weighted by Gasteiger charge is 2.25. The third-order valence-corrected chi connectivity index (χ3v) is 5.68. The van der Waals surface area contributed by atoms with Crippen LogP contribution in [0.2, 0.25) is 0 Å². The Kier molecular flexibility index (Phi) is 4.04. The molecule has 8 nitrogen and oxygen atoms in total. The van der Waals surface area contributed by atoms with Crippen LogP contribution >= 0.6 is 11.3 Å². The number of imidazole rings is 1. The molecule has 4 heterocycles. The maximum atomic E-state index is 10.6. The van der Waals surface area contributed by atoms with Gasteiger partial charge in [0.05, 0.1) is 24.5 Å². The van der Waals surface area contributed by atoms with E-state index in [1.54, 1.807) is 17.5 Å². The predicted molar refractivity (Wildman–Crippen MR) is 94.5 cm³/mol. The first-order valence-corrected chi connectivity index (χ1v) is 9.15. The minimum absolute atomic E-state index is 0.390. The third-order valence-electron chi connectivity index (χ3n) is 4.39. The monoisotopic (exact) mass is 359 g/mol. The first-order valence-electron chi connectivity index (χ1n) is 8.33. The normalized spacial score (nSPS) is 15.6. The van der Waals surface area contributed by atoms with Crippen LogP contribution in [0.4, 0.5) is 5.13 Å². The number of aryl methyl sites for hydroxylation is 1. The summed E-state index contributed by atoms with van der Waals surface area (Å²) < 4.78 is 3.77. The van der Waals surface area contributed by atoms with Gasteiger partial charge in [-0.15, -0.1) is 10.2 Å². The van der Waals surface area contributed by atoms with E-state index in [9.17, 15) is 5.11 Å². The van der Waals surface area contributed by atoms with Gasteiger partial charge in [-0.1, -0.05) is 25.2 Å². The minimum Gasteiger partial charge on any atom is -0.379 e. The first kappa shape index (κ1) is 16.2. The van der Waals surface area contributed by atoms with Crippen LogP contribution in [0.15, 0.2) is 18.5 Å². The standard InChI is InChI=1S/C16H21N7OS/c1-10(2)15-18-19-16(25-15)22-6-7-23-11(9-22)8-12(20-23)13(24)14-17-4-5-21(14)3/h4-5,8,10,13,24H,6-7,9H2,1-3H3/t13-/m1/s1. The number of fused-ring (bicyclic) bond motifs is 1. The van der Waals surface area contributed by atoms with Gasteiger partial charge in [0.1, 0.15) is 10.8 Å². The molecule has 0 saturated heterocycles. The molecule has 0 amide bonds. The Bertz CT molecular complexity index is 881. The van der Waals surface area contributed by atoms with Crippen LogP contribution in [0, 0.1) is 0 Å². The van der Waals surface area contributed by atoms with Crippen molar-refractivity contribution < 1.29 is 5.11 Å². The van der Waals surface area contributed by atoms with Crippen LogP contribution in [0.5, 0.6) is 0 Å². The second-order valence-electron chi connectivity index (χ2n) is 6.58. The van der Waals surface area contributed by atoms with Gasteiger partial charge in [-0.2, -0.15) is 5.10 Å². The molecule has 4 rings (SSSR count). The Morgan fingerprint density at radius 2 is 2.08 bits per heavy atom. The van der Waals surface area contributed by atoms with Crippen LogP contribution in [0.1, 0.15) is 48.1 Å². The van der Waals surface area contributed by atoms with Crippen molar-refractivity contribution in [3.63, 3.8) is 0 Å². The summed E-state index contributed by atoms with van der Waals surface area (Å²) >= 11 is 1.65. The Balaban J connectivity index is 1.55. The second kappa shape index (κ2) is 6.23. The van der Waals surface area contributed by atoms with Crippen molar-refractivity contribution in [3.8, 4) is 0 Å². The zero-order chi connectivity index (χ0) is 17.6. The van der Waals surface area contributed by atoms with Crippen LogP contribution in [-0.4, -0.2) is 41.2 Å². The van der Waals surface area contributed by atoms with E-state index in [1.165, 1.54) is 0 Å². The largest absolute Gasteiger partial charge is 0.379 e. The van der Waals surface area contributed by atoms with Gasteiger partial charge in [0.2, 0.25) is 5.13 Å². The summed E-state index contributed by atoms with van der Waals surface area (Å²) in [6.45, 7) is 6.56. The van der Waals surface area contributed by atoms with Crippen molar-refractivity contribution in [2.45, 2.75) is 39.0 Å². The molecule has 1 atom stereocenters. The molecule has 0 spiro atoms. The van der Waals surface area contributed by atoms with E-state index in [4.69, 9.17) is 0 Å². The number of rotatable bonds is 4. The summed E-state index contributed by atoms with van der Waals surface area (Å²) in [7, 11) is 1.87. The summed E-state index contributed by atoms with van der Waals surface area (Å²) in [4.78, 5) is 6.44. The maximum absolute atomic E-state index is 10.6. The number of anilines is 1. The first-order chi connectivity index (χ1) is 12.0. The lowest BCUT2D eigenvalue weighted by molar-refractivity contribution is 0.200. The van der Waals surface area contributed by atoms with Crippen LogP contribution < -0.4 is 4.90 Å². The van der Waals surface area contributed by atoms with Crippen molar-refractivity contribution in [1.29, 1.82) is 0 Å². The fourth-order valence-electron chi connectivity index (χ4n) is 2.95. The Morgan fingerprint density at radius 3 is 2.76 bits per heavy atom. The number of aliphatic hydroxyl groups is 1. The van der Waals surface area contributed by atoms with Crippen molar-refractivity contribution in [3.05, 3.63) is 40.7 Å². The second-order valence-corrected chi connectivity index (χ2v) is 7.57. The lowest BCUT2D eigenvalue weighted by Gasteiger charge is -2.26. The molecule has 25 heavy (non-hydrogen) atoms. The molecule has 0 bridgehead atoms. The van der Waals surface area contributed by atoms with Gasteiger partial charge in [0, 0.05) is 31.9 Å². The average Bonchev–Trinajstić information content (AvgIpc) is 3.32. The number of nitrogens with zero attached hydrogens (tertiary/aromatic N) is 7. The summed E-state index contributed by atoms with van der Waals surface area (Å²) in [6.07, 6.45) is 2.68. The summed E-state index contributed by atoms with van der Waals surface area (Å²) in [5.41, 5.74) is 1.70. The van der Waals surface area contributed by atoms with E-state index in [-0.39, 0.29) is 0 Å². The maximum Gasteiger partial charge on any atom is 0.208 e.